The van der Waals surface area contributed by atoms with Crippen LogP contribution >= 0.6 is 0 Å². The van der Waals surface area contributed by atoms with Crippen molar-refractivity contribution in [3.8, 4) is 0 Å². The molecule has 1 N–H and O–H groups in total. The molecule has 2 rings (SSSR count). The fourth-order valence-corrected chi connectivity index (χ4v) is 1.84. The zero-order valence-corrected chi connectivity index (χ0v) is 7.03. The first kappa shape index (κ1) is 8.44. The maximum absolute atomic E-state index is 11.1. The van der Waals surface area contributed by atoms with Crippen molar-refractivity contribution in [1.29, 1.82) is 0 Å². The number of esters is 1. The second-order valence-electron chi connectivity index (χ2n) is 3.50. The molecular weight excluding hydrogens is 172 g/mol. The van der Waals surface area contributed by atoms with Crippen LogP contribution in [0.2, 0.25) is 0 Å². The van der Waals surface area contributed by atoms with Crippen molar-refractivity contribution in [1.82, 2.24) is 0 Å². The third kappa shape index (κ3) is 1.18. The highest BCUT2D eigenvalue weighted by molar-refractivity contribution is 5.94. The van der Waals surface area contributed by atoms with Crippen molar-refractivity contribution >= 4 is 11.8 Å². The largest absolute Gasteiger partial charge is 0.458 e. The average molecular weight is 182 g/mol. The van der Waals surface area contributed by atoms with Crippen LogP contribution in [0.5, 0.6) is 0 Å². The number of fused-ring (bicyclic) bond motifs is 1. The van der Waals surface area contributed by atoms with Gasteiger partial charge in [-0.05, 0) is 0 Å². The van der Waals surface area contributed by atoms with Gasteiger partial charge in [0.2, 0.25) is 0 Å². The van der Waals surface area contributed by atoms with Gasteiger partial charge >= 0.3 is 5.97 Å². The van der Waals surface area contributed by atoms with Gasteiger partial charge < -0.3 is 9.84 Å². The zero-order chi connectivity index (χ0) is 9.59. The highest BCUT2D eigenvalue weighted by Gasteiger charge is 2.45. The number of aliphatic hydroxyl groups excluding tert-OH is 1. The highest BCUT2D eigenvalue weighted by atomic mass is 16.6. The molecule has 1 saturated carbocycles. The Kier molecular flexibility index (Phi) is 1.73. The van der Waals surface area contributed by atoms with Gasteiger partial charge in [-0.1, -0.05) is 6.58 Å². The summed E-state index contributed by atoms with van der Waals surface area (Å²) < 4.78 is 4.95. The van der Waals surface area contributed by atoms with Crippen LogP contribution in [0.3, 0.4) is 0 Å². The molecule has 0 aromatic rings. The SMILES string of the molecule is C=C1C(=O)OC2CC(O)C(=O)CC12. The number of carbonyl (C=O) groups excluding carboxylic acids is 2. The van der Waals surface area contributed by atoms with Gasteiger partial charge in [0, 0.05) is 24.3 Å². The van der Waals surface area contributed by atoms with Crippen LogP contribution in [-0.4, -0.2) is 29.1 Å². The summed E-state index contributed by atoms with van der Waals surface area (Å²) in [5, 5.41) is 9.23. The lowest BCUT2D eigenvalue weighted by Crippen LogP contribution is -2.37. The number of hydrogen-bond donors (Lipinski definition) is 1. The predicted molar refractivity (Wildman–Crippen MR) is 42.8 cm³/mol. The molecule has 1 heterocycles. The molecule has 2 fully saturated rings. The Labute approximate surface area is 75.2 Å². The number of ketones is 1. The van der Waals surface area contributed by atoms with Gasteiger partial charge in [0.05, 0.1) is 0 Å². The molecule has 0 amide bonds. The predicted octanol–water partition coefficient (Wildman–Crippen LogP) is -0.192. The number of aliphatic hydroxyl groups is 1. The van der Waals surface area contributed by atoms with Crippen molar-refractivity contribution in [2.24, 2.45) is 5.92 Å². The van der Waals surface area contributed by atoms with Crippen molar-refractivity contribution in [2.45, 2.75) is 25.0 Å². The number of hydrogen-bond acceptors (Lipinski definition) is 4. The third-order valence-corrected chi connectivity index (χ3v) is 2.67. The molecule has 13 heavy (non-hydrogen) atoms. The number of Topliss-reactive ketones (excluding diaryl/α,β-unsaturated/α-hetero) is 1. The van der Waals surface area contributed by atoms with Crippen LogP contribution < -0.4 is 0 Å². The lowest BCUT2D eigenvalue weighted by molar-refractivity contribution is -0.145. The monoisotopic (exact) mass is 182 g/mol. The van der Waals surface area contributed by atoms with Crippen molar-refractivity contribution < 1.29 is 19.4 Å². The van der Waals surface area contributed by atoms with Crippen LogP contribution in [0.1, 0.15) is 12.8 Å². The molecule has 2 aliphatic rings. The van der Waals surface area contributed by atoms with Crippen molar-refractivity contribution in [2.75, 3.05) is 0 Å². The maximum Gasteiger partial charge on any atom is 0.334 e. The molecule has 0 spiro atoms. The summed E-state index contributed by atoms with van der Waals surface area (Å²) in [7, 11) is 0. The lowest BCUT2D eigenvalue weighted by atomic mass is 9.82. The molecule has 3 atom stereocenters. The van der Waals surface area contributed by atoms with Gasteiger partial charge in [-0.3, -0.25) is 4.79 Å². The van der Waals surface area contributed by atoms with Gasteiger partial charge in [0.1, 0.15) is 12.2 Å². The van der Waals surface area contributed by atoms with E-state index in [4.69, 9.17) is 4.74 Å². The van der Waals surface area contributed by atoms with Crippen molar-refractivity contribution in [3.05, 3.63) is 12.2 Å². The molecule has 0 aromatic carbocycles. The van der Waals surface area contributed by atoms with Gasteiger partial charge in [-0.25, -0.2) is 4.79 Å². The molecule has 0 radical (unpaired) electrons. The van der Waals surface area contributed by atoms with E-state index in [9.17, 15) is 14.7 Å². The normalized spacial score (nSPS) is 38.8. The van der Waals surface area contributed by atoms with Gasteiger partial charge in [0.15, 0.2) is 5.78 Å². The average Bonchev–Trinajstić information content (AvgIpc) is 2.32. The second kappa shape index (κ2) is 2.67. The molecular formula is C9H10O4. The maximum atomic E-state index is 11.1. The summed E-state index contributed by atoms with van der Waals surface area (Å²) in [5.74, 6) is -0.860. The van der Waals surface area contributed by atoms with E-state index in [2.05, 4.69) is 6.58 Å². The minimum atomic E-state index is -0.972. The van der Waals surface area contributed by atoms with Crippen LogP contribution in [0.4, 0.5) is 0 Å². The highest BCUT2D eigenvalue weighted by Crippen LogP contribution is 2.36. The summed E-state index contributed by atoms with van der Waals surface area (Å²) in [6, 6.07) is 0. The summed E-state index contributed by atoms with van der Waals surface area (Å²) in [6.07, 6.45) is -0.919. The Morgan fingerprint density at radius 1 is 1.46 bits per heavy atom. The molecule has 4 nitrogen and oxygen atoms in total. The summed E-state index contributed by atoms with van der Waals surface area (Å²) in [4.78, 5) is 22.2. The van der Waals surface area contributed by atoms with E-state index in [1.54, 1.807) is 0 Å². The number of carbonyl (C=O) groups is 2. The molecule has 0 aromatic heterocycles. The lowest BCUT2D eigenvalue weighted by Gasteiger charge is -2.25. The molecule has 4 heteroatoms. The zero-order valence-electron chi connectivity index (χ0n) is 7.03. The number of ether oxygens (including phenoxy) is 1. The Hall–Kier alpha value is -1.16. The molecule has 0 bridgehead atoms. The molecule has 3 unspecified atom stereocenters. The van der Waals surface area contributed by atoms with E-state index in [-0.39, 0.29) is 30.6 Å². The Morgan fingerprint density at radius 3 is 2.85 bits per heavy atom. The van der Waals surface area contributed by atoms with Gasteiger partial charge in [-0.2, -0.15) is 0 Å². The molecule has 1 aliphatic heterocycles. The van der Waals surface area contributed by atoms with Crippen LogP contribution in [0, 0.1) is 5.92 Å². The quantitative estimate of drug-likeness (QED) is 0.416. The Balaban J connectivity index is 2.21. The van der Waals surface area contributed by atoms with E-state index >= 15 is 0 Å². The van der Waals surface area contributed by atoms with Crippen molar-refractivity contribution in [3.63, 3.8) is 0 Å². The first-order valence-corrected chi connectivity index (χ1v) is 4.20. The minimum Gasteiger partial charge on any atom is -0.458 e. The van der Waals surface area contributed by atoms with E-state index in [0.717, 1.165) is 0 Å². The first-order valence-electron chi connectivity index (χ1n) is 4.20. The Bertz CT molecular complexity index is 294. The fourth-order valence-electron chi connectivity index (χ4n) is 1.84. The summed E-state index contributed by atoms with van der Waals surface area (Å²) >= 11 is 0. The second-order valence-corrected chi connectivity index (χ2v) is 3.50. The van der Waals surface area contributed by atoms with E-state index < -0.39 is 12.1 Å². The number of rotatable bonds is 0. The van der Waals surface area contributed by atoms with Crippen LogP contribution in [0.25, 0.3) is 0 Å². The molecule has 1 aliphatic carbocycles. The summed E-state index contributed by atoms with van der Waals surface area (Å²) in [6.45, 7) is 3.57. The molecule has 1 saturated heterocycles. The topological polar surface area (TPSA) is 63.6 Å². The first-order chi connectivity index (χ1) is 6.09. The fraction of sp³-hybridized carbons (Fsp3) is 0.556. The van der Waals surface area contributed by atoms with E-state index in [1.165, 1.54) is 0 Å². The van der Waals surface area contributed by atoms with E-state index in [1.807, 2.05) is 0 Å². The molecule has 70 valence electrons. The Morgan fingerprint density at radius 2 is 2.15 bits per heavy atom. The van der Waals surface area contributed by atoms with Gasteiger partial charge in [-0.15, -0.1) is 0 Å². The third-order valence-electron chi connectivity index (χ3n) is 2.67. The summed E-state index contributed by atoms with van der Waals surface area (Å²) in [5.41, 5.74) is 0.366. The minimum absolute atomic E-state index is 0.177. The smallest absolute Gasteiger partial charge is 0.334 e. The van der Waals surface area contributed by atoms with Crippen LogP contribution in [-0.2, 0) is 14.3 Å². The van der Waals surface area contributed by atoms with Crippen LogP contribution in [0.15, 0.2) is 12.2 Å². The standard InChI is InChI=1S/C9H10O4/c1-4-5-2-6(10)7(11)3-8(5)13-9(4)12/h5,7-8,11H,1-3H2. The van der Waals surface area contributed by atoms with Gasteiger partial charge in [0.25, 0.3) is 0 Å². The van der Waals surface area contributed by atoms with E-state index in [0.29, 0.717) is 5.57 Å².